The number of carboxylic acid groups (broad SMARTS) is 4. The summed E-state index contributed by atoms with van der Waals surface area (Å²) < 4.78 is 5.67. The van der Waals surface area contributed by atoms with E-state index in [1.165, 1.54) is 24.3 Å². The number of H-pyrrole nitrogens is 1. The number of ketones is 1. The van der Waals surface area contributed by atoms with Crippen molar-refractivity contribution in [2.24, 2.45) is 11.5 Å². The number of benzene rings is 2. The quantitative estimate of drug-likeness (QED) is 0.0112. The fraction of sp³-hybridized carbons (Fsp3) is 0.528. The molecule has 3 aromatic rings. The second kappa shape index (κ2) is 48.3. The molecule has 12 atom stereocenters. The Bertz CT molecular complexity index is 4020. The van der Waals surface area contributed by atoms with Crippen LogP contribution in [0.5, 0.6) is 0 Å². The topological polar surface area (TPSA) is 702 Å². The molecule has 4 rings (SSSR count). The van der Waals surface area contributed by atoms with Gasteiger partial charge in [0.2, 0.25) is 82.7 Å². The number of hydrogen-bond acceptors (Lipinski definition) is 24. The van der Waals surface area contributed by atoms with E-state index in [0.29, 0.717) is 29.3 Å². The van der Waals surface area contributed by atoms with Gasteiger partial charge in [-0.1, -0.05) is 75.8 Å². The van der Waals surface area contributed by atoms with Gasteiger partial charge in [0.05, 0.1) is 45.4 Å². The molecule has 2 aromatic carbocycles. The van der Waals surface area contributed by atoms with Gasteiger partial charge < -0.3 is 122 Å². The molecule has 0 radical (unpaired) electrons. The largest absolute Gasteiger partial charge is 0.481 e. The van der Waals surface area contributed by atoms with Crippen LogP contribution in [0.3, 0.4) is 0 Å². The Morgan fingerprint density at radius 3 is 1.65 bits per heavy atom. The number of nitrogens with two attached hydrogens (primary N) is 3. The second-order valence-electron chi connectivity index (χ2n) is 27.0. The fourth-order valence-electron chi connectivity index (χ4n) is 11.6. The van der Waals surface area contributed by atoms with Crippen LogP contribution in [0.15, 0.2) is 54.7 Å². The average molecular weight is 1620 g/mol. The smallest absolute Gasteiger partial charge is 0.329 e. The maximum atomic E-state index is 14.8. The zero-order valence-corrected chi connectivity index (χ0v) is 63.4. The number of primary amides is 1. The van der Waals surface area contributed by atoms with E-state index in [1.54, 1.807) is 30.5 Å². The molecular formula is C72H101N17O26. The van der Waals surface area contributed by atoms with Crippen LogP contribution in [0.1, 0.15) is 152 Å². The number of unbranched alkanes of at least 4 members (excludes halogenated alkanes) is 7. The minimum absolute atomic E-state index is 0.0135. The molecule has 630 valence electrons. The van der Waals surface area contributed by atoms with E-state index in [4.69, 9.17) is 21.9 Å². The summed E-state index contributed by atoms with van der Waals surface area (Å²) in [5.41, 5.74) is 18.0. The van der Waals surface area contributed by atoms with E-state index in [1.807, 2.05) is 16.0 Å². The molecule has 25 N–H and O–H groups in total. The van der Waals surface area contributed by atoms with Gasteiger partial charge in [0.25, 0.3) is 0 Å². The molecule has 1 aliphatic heterocycles. The number of aliphatic hydroxyl groups is 1. The van der Waals surface area contributed by atoms with Crippen molar-refractivity contribution in [3.8, 4) is 0 Å². The second-order valence-corrected chi connectivity index (χ2v) is 27.0. The Morgan fingerprint density at radius 1 is 0.522 bits per heavy atom. The standard InChI is InChI=1S/C72H101N17O26/c1-4-5-6-7-8-9-10-22-54(93)81-45(26-38-32-76-42-20-14-12-17-39(38)42)67(109)85-46(28-53(75)92)68(110)87-49(31-60(102)103)69(111)89-61-37(3)115-72(114)50(27-52(91)40-18-11-13-19-41(40)74)88-65(107)44(23-24-57(96)97)83-70(112)51(35-90)82-56(95)33-77-63(105)47(29-58(98)99)84-62(104)36(2)79-66(108)48(30-59(100)101)86-64(106)43(21-15-16-25-73)80-55(94)34-78-71(61)113/h11-14,17-20,32,36-37,43-51,61,76,90H,4-10,15-16,21-31,33-35,73-74H2,1-3H3,(H2,75,92)(H,77,105)(H,78,113)(H,79,108)(H,80,94)(H,81,93)(H,82,95)(H,83,112)(H,84,104)(H,85,109)(H,86,106)(H,87,110)(H,88,107)(H,89,111)(H,96,97)(H,98,99)(H,100,101)(H,102,103)/t36-,37-,43+,44+,45+,46-,47+,48+,49+,50+,51-,61+/m1/s1. The zero-order valence-electron chi connectivity index (χ0n) is 63.4. The minimum Gasteiger partial charge on any atom is -0.481 e. The Balaban J connectivity index is 1.87. The number of hydrogen-bond donors (Lipinski definition) is 22. The highest BCUT2D eigenvalue weighted by Gasteiger charge is 2.40. The molecule has 2 heterocycles. The van der Waals surface area contributed by atoms with Crippen molar-refractivity contribution >= 4 is 135 Å². The highest BCUT2D eigenvalue weighted by molar-refractivity contribution is 6.05. The van der Waals surface area contributed by atoms with E-state index >= 15 is 0 Å². The van der Waals surface area contributed by atoms with Crippen LogP contribution in [0, 0.1) is 0 Å². The first-order valence-electron chi connectivity index (χ1n) is 36.9. The lowest BCUT2D eigenvalue weighted by molar-refractivity contribution is -0.156. The van der Waals surface area contributed by atoms with Gasteiger partial charge in [0.15, 0.2) is 5.78 Å². The molecule has 0 bridgehead atoms. The van der Waals surface area contributed by atoms with E-state index < -0.39 is 256 Å². The fourth-order valence-corrected chi connectivity index (χ4v) is 11.6. The van der Waals surface area contributed by atoms with Crippen LogP contribution in [0.4, 0.5) is 5.69 Å². The first kappa shape index (κ1) is 94.7. The van der Waals surface area contributed by atoms with Gasteiger partial charge in [-0.2, -0.15) is 0 Å². The van der Waals surface area contributed by atoms with Gasteiger partial charge in [-0.25, -0.2) is 4.79 Å². The summed E-state index contributed by atoms with van der Waals surface area (Å²) in [6.45, 7) is 0.236. The van der Waals surface area contributed by atoms with Crippen molar-refractivity contribution in [2.45, 2.75) is 215 Å². The number of nitrogens with one attached hydrogen (secondary N) is 14. The molecule has 0 aliphatic carbocycles. The van der Waals surface area contributed by atoms with Gasteiger partial charge in [-0.15, -0.1) is 0 Å². The number of nitrogen functional groups attached to an aromatic ring is 1. The molecule has 1 fully saturated rings. The Kier molecular flexibility index (Phi) is 39.7. The third kappa shape index (κ3) is 33.3. The van der Waals surface area contributed by atoms with E-state index in [0.717, 1.165) is 46.0 Å². The number of aromatic nitrogens is 1. The van der Waals surface area contributed by atoms with Crippen LogP contribution in [-0.2, 0) is 102 Å². The first-order chi connectivity index (χ1) is 54.4. The summed E-state index contributed by atoms with van der Waals surface area (Å²) in [5, 5.41) is 78.5. The van der Waals surface area contributed by atoms with Crippen LogP contribution in [0.2, 0.25) is 0 Å². The highest BCUT2D eigenvalue weighted by atomic mass is 16.5. The molecule has 43 nitrogen and oxygen atoms in total. The van der Waals surface area contributed by atoms with Gasteiger partial charge >= 0.3 is 29.8 Å². The molecule has 1 saturated heterocycles. The van der Waals surface area contributed by atoms with E-state index in [-0.39, 0.29) is 49.9 Å². The van der Waals surface area contributed by atoms with Crippen molar-refractivity contribution in [1.82, 2.24) is 74.1 Å². The number of Topliss-reactive ketones (excluding diaryl/α,β-unsaturated/α-hetero) is 1. The summed E-state index contributed by atoms with van der Waals surface area (Å²) in [6.07, 6.45) is -2.80. The third-order valence-corrected chi connectivity index (χ3v) is 17.7. The van der Waals surface area contributed by atoms with Crippen LogP contribution >= 0.6 is 0 Å². The number of aromatic amines is 1. The maximum absolute atomic E-state index is 14.8. The lowest BCUT2D eigenvalue weighted by atomic mass is 10.0. The molecular weight excluding hydrogens is 1520 g/mol. The normalized spacial score (nSPS) is 20.9. The van der Waals surface area contributed by atoms with Crippen molar-refractivity contribution in [3.63, 3.8) is 0 Å². The highest BCUT2D eigenvalue weighted by Crippen LogP contribution is 2.21. The number of rotatable bonds is 36. The number of aliphatic carboxylic acids is 4. The third-order valence-electron chi connectivity index (χ3n) is 17.7. The summed E-state index contributed by atoms with van der Waals surface area (Å²) in [5.74, 6) is -28.1. The summed E-state index contributed by atoms with van der Waals surface area (Å²) >= 11 is 0. The Morgan fingerprint density at radius 2 is 1.05 bits per heavy atom. The first-order valence-corrected chi connectivity index (χ1v) is 36.9. The number of esters is 1. The summed E-state index contributed by atoms with van der Waals surface area (Å²) in [4.78, 5) is 276. The lowest BCUT2D eigenvalue weighted by Crippen LogP contribution is -2.61. The Hall–Kier alpha value is -12.7. The van der Waals surface area contributed by atoms with Crippen LogP contribution in [-0.4, -0.2) is 248 Å². The monoisotopic (exact) mass is 1620 g/mol. The average Bonchev–Trinajstić information content (AvgIpc) is 1.70. The molecule has 1 aliphatic rings. The number of fused-ring (bicyclic) bond motifs is 1. The summed E-state index contributed by atoms with van der Waals surface area (Å²) in [7, 11) is 0. The predicted octanol–water partition coefficient (Wildman–Crippen LogP) is -5.48. The SMILES string of the molecule is CCCCCCCCCC(=O)N[C@@H](Cc1c[nH]c2ccccc12)C(=O)N[C@H](CC(N)=O)C(=O)N[C@@H](CC(=O)O)C(=O)N[C@@H]1C(=O)NCC(=O)N[C@@H](CCCCN)C(=O)N[C@@H](CC(=O)O)C(=O)N[C@H](C)C(=O)N[C@@H](CC(=O)O)C(=O)NCC(=O)N[C@H](CO)C(=O)N[C@@H](CCC(=O)O)C(=O)N[C@@H](CC(=O)c2ccccc2N)C(=O)O[C@@H]1C. The number of anilines is 1. The number of para-hydroxylation sites is 2. The number of cyclic esters (lactones) is 1. The number of carboxylic acids is 4. The zero-order chi connectivity index (χ0) is 85.6. The molecule has 115 heavy (non-hydrogen) atoms. The molecule has 1 aromatic heterocycles. The van der Waals surface area contributed by atoms with Gasteiger partial charge in [-0.05, 0) is 76.3 Å². The van der Waals surface area contributed by atoms with Gasteiger partial charge in [0, 0.05) is 54.0 Å². The number of carbonyl (C=O) groups is 20. The minimum atomic E-state index is -2.44. The van der Waals surface area contributed by atoms with Crippen LogP contribution < -0.4 is 86.3 Å². The van der Waals surface area contributed by atoms with Crippen molar-refractivity contribution in [1.29, 1.82) is 0 Å². The Labute approximate surface area is 657 Å². The molecule has 0 spiro atoms. The predicted molar refractivity (Wildman–Crippen MR) is 400 cm³/mol. The van der Waals surface area contributed by atoms with E-state index in [2.05, 4.69) is 65.1 Å². The molecule has 0 saturated carbocycles. The number of ether oxygens (including phenoxy) is 1. The molecule has 43 heteroatoms. The van der Waals surface area contributed by atoms with Gasteiger partial charge in [-0.3, -0.25) is 91.1 Å². The lowest BCUT2D eigenvalue weighted by Gasteiger charge is -2.29. The maximum Gasteiger partial charge on any atom is 0.329 e. The number of aliphatic hydroxyl groups excluding tert-OH is 1. The molecule has 0 unspecified atom stereocenters. The summed E-state index contributed by atoms with van der Waals surface area (Å²) in [6, 6.07) is -10.4. The van der Waals surface area contributed by atoms with Crippen molar-refractivity contribution < 1.29 is 126 Å². The molecule has 14 amide bonds. The van der Waals surface area contributed by atoms with E-state index in [9.17, 15) is 121 Å². The number of amides is 14. The number of carbonyl (C=O) groups excluding carboxylic acids is 16. The van der Waals surface area contributed by atoms with Gasteiger partial charge in [0.1, 0.15) is 72.6 Å². The van der Waals surface area contributed by atoms with Crippen LogP contribution in [0.25, 0.3) is 10.9 Å². The van der Waals surface area contributed by atoms with Crippen molar-refractivity contribution in [2.75, 3.05) is 32.0 Å². The van der Waals surface area contributed by atoms with Crippen molar-refractivity contribution in [3.05, 3.63) is 65.9 Å².